The summed E-state index contributed by atoms with van der Waals surface area (Å²) in [5.41, 5.74) is 5.38. The van der Waals surface area contributed by atoms with Crippen molar-refractivity contribution < 1.29 is 24.3 Å². The summed E-state index contributed by atoms with van der Waals surface area (Å²) >= 11 is 1.39. The average molecular weight is 468 g/mol. The monoisotopic (exact) mass is 468 g/mol. The molecule has 3 aromatic rings. The summed E-state index contributed by atoms with van der Waals surface area (Å²) in [6.45, 7) is 0. The minimum Gasteiger partial charge on any atom is -0.493 e. The fraction of sp³-hybridized carbons (Fsp3) is 0.227. The number of nitrogens with zero attached hydrogens (tertiary/aromatic N) is 3. The third-order valence-corrected chi connectivity index (χ3v) is 6.28. The van der Waals surface area contributed by atoms with Crippen molar-refractivity contribution in [3.05, 3.63) is 62.5 Å². The highest BCUT2D eigenvalue weighted by molar-refractivity contribution is 7.16. The molecular formula is C22H20N4O6S. The van der Waals surface area contributed by atoms with Crippen molar-refractivity contribution in [2.24, 2.45) is 5.10 Å². The topological polar surface area (TPSA) is 136 Å². The van der Waals surface area contributed by atoms with Crippen molar-refractivity contribution in [1.29, 1.82) is 0 Å². The van der Waals surface area contributed by atoms with Gasteiger partial charge < -0.3 is 14.6 Å². The number of hydrogen-bond acceptors (Lipinski definition) is 9. The van der Waals surface area contributed by atoms with Gasteiger partial charge >= 0.3 is 5.97 Å². The minimum absolute atomic E-state index is 0.155. The molecule has 0 radical (unpaired) electrons. The molecule has 0 amide bonds. The summed E-state index contributed by atoms with van der Waals surface area (Å²) in [6, 6.07) is 9.81. The van der Waals surface area contributed by atoms with Gasteiger partial charge in [-0.05, 0) is 30.5 Å². The average Bonchev–Trinajstić information content (AvgIpc) is 3.24. The Morgan fingerprint density at radius 2 is 1.97 bits per heavy atom. The number of ether oxygens (including phenoxy) is 2. The summed E-state index contributed by atoms with van der Waals surface area (Å²) < 4.78 is 10.8. The highest BCUT2D eigenvalue weighted by Gasteiger charge is 2.24. The van der Waals surface area contributed by atoms with E-state index in [0.717, 1.165) is 34.5 Å². The first-order valence-electron chi connectivity index (χ1n) is 9.94. The maximum atomic E-state index is 11.7. The Kier molecular flexibility index (Phi) is 6.22. The van der Waals surface area contributed by atoms with Crippen LogP contribution in [-0.4, -0.2) is 40.9 Å². The largest absolute Gasteiger partial charge is 0.493 e. The zero-order valence-corrected chi connectivity index (χ0v) is 18.6. The van der Waals surface area contributed by atoms with E-state index in [-0.39, 0.29) is 23.4 Å². The van der Waals surface area contributed by atoms with Gasteiger partial charge in [0.1, 0.15) is 5.71 Å². The first kappa shape index (κ1) is 22.2. The molecule has 11 heteroatoms. The summed E-state index contributed by atoms with van der Waals surface area (Å²) in [6.07, 6.45) is 1.39. The molecule has 0 atom stereocenters. The summed E-state index contributed by atoms with van der Waals surface area (Å²) in [7, 11) is 3.16. The van der Waals surface area contributed by atoms with Crippen molar-refractivity contribution in [3.63, 3.8) is 0 Å². The predicted molar refractivity (Wildman–Crippen MR) is 124 cm³/mol. The van der Waals surface area contributed by atoms with Crippen molar-refractivity contribution in [1.82, 2.24) is 4.98 Å². The zero-order valence-electron chi connectivity index (χ0n) is 17.8. The Hall–Kier alpha value is -3.99. The first-order chi connectivity index (χ1) is 15.9. The van der Waals surface area contributed by atoms with Gasteiger partial charge in [-0.3, -0.25) is 15.5 Å². The number of anilines is 1. The molecule has 0 spiro atoms. The Balaban J connectivity index is 1.61. The molecule has 170 valence electrons. The summed E-state index contributed by atoms with van der Waals surface area (Å²) in [4.78, 5) is 28.1. The van der Waals surface area contributed by atoms with E-state index < -0.39 is 10.9 Å². The van der Waals surface area contributed by atoms with Crippen LogP contribution < -0.4 is 14.9 Å². The second kappa shape index (κ2) is 9.25. The van der Waals surface area contributed by atoms with E-state index in [4.69, 9.17) is 9.47 Å². The van der Waals surface area contributed by atoms with Gasteiger partial charge in [0.15, 0.2) is 11.5 Å². The van der Waals surface area contributed by atoms with Crippen molar-refractivity contribution >= 4 is 33.8 Å². The Morgan fingerprint density at radius 3 is 2.67 bits per heavy atom. The number of para-hydroxylation sites is 1. The number of fused-ring (bicyclic) bond motifs is 3. The molecular weight excluding hydrogens is 448 g/mol. The van der Waals surface area contributed by atoms with E-state index >= 15 is 0 Å². The number of carboxylic acid groups (broad SMARTS) is 1. The molecule has 2 aromatic carbocycles. The van der Waals surface area contributed by atoms with Crippen molar-refractivity contribution in [2.75, 3.05) is 19.6 Å². The van der Waals surface area contributed by atoms with E-state index in [9.17, 15) is 20.0 Å². The van der Waals surface area contributed by atoms with Gasteiger partial charge in [-0.25, -0.2) is 9.78 Å². The lowest BCUT2D eigenvalue weighted by atomic mass is 9.93. The number of hydrazone groups is 1. The number of hydrogen-bond donors (Lipinski definition) is 2. The molecule has 4 rings (SSSR count). The number of aromatic nitrogens is 1. The van der Waals surface area contributed by atoms with Gasteiger partial charge in [-0.15, -0.1) is 0 Å². The van der Waals surface area contributed by atoms with E-state index in [1.54, 1.807) is 20.3 Å². The fourth-order valence-electron chi connectivity index (χ4n) is 3.67. The number of thiazole rings is 1. The summed E-state index contributed by atoms with van der Waals surface area (Å²) in [5, 5.41) is 25.2. The molecule has 0 saturated carbocycles. The molecule has 0 fully saturated rings. The lowest BCUT2D eigenvalue weighted by Crippen LogP contribution is -2.18. The number of aryl methyl sites for hydroxylation is 2. The van der Waals surface area contributed by atoms with Gasteiger partial charge in [0.25, 0.3) is 5.69 Å². The van der Waals surface area contributed by atoms with Gasteiger partial charge in [0.05, 0.1) is 24.8 Å². The lowest BCUT2D eigenvalue weighted by molar-refractivity contribution is -0.385. The summed E-state index contributed by atoms with van der Waals surface area (Å²) in [5.74, 6) is -0.0228. The van der Waals surface area contributed by atoms with Gasteiger partial charge in [-0.1, -0.05) is 29.5 Å². The van der Waals surface area contributed by atoms with E-state index in [2.05, 4.69) is 15.5 Å². The third kappa shape index (κ3) is 4.48. The van der Waals surface area contributed by atoms with Crippen molar-refractivity contribution in [2.45, 2.75) is 19.3 Å². The molecule has 1 aromatic heterocycles. The normalized spacial score (nSPS) is 12.5. The molecule has 1 heterocycles. The quantitative estimate of drug-likeness (QED) is 0.288. The number of carboxylic acids is 1. The fourth-order valence-corrected chi connectivity index (χ4v) is 4.59. The minimum atomic E-state index is -1.27. The Morgan fingerprint density at radius 1 is 1.24 bits per heavy atom. The highest BCUT2D eigenvalue weighted by Crippen LogP contribution is 2.42. The number of benzene rings is 2. The molecule has 1 aliphatic rings. The molecule has 0 aliphatic heterocycles. The third-order valence-electron chi connectivity index (χ3n) is 5.26. The SMILES string of the molecule is COc1cc2c(cc1OC)-c1nc(N/N=C(\Cc3ccccc3[N+](=O)[O-])C(=O)O)sc1CC2. The molecule has 0 bridgehead atoms. The van der Waals surface area contributed by atoms with Crippen LogP contribution in [0.1, 0.15) is 16.0 Å². The number of carbonyl (C=O) groups is 1. The number of aliphatic carboxylic acids is 1. The van der Waals surface area contributed by atoms with Crippen LogP contribution in [0.15, 0.2) is 41.5 Å². The van der Waals surface area contributed by atoms with Crippen LogP contribution in [0.4, 0.5) is 10.8 Å². The molecule has 2 N–H and O–H groups in total. The van der Waals surface area contributed by atoms with E-state index in [1.165, 1.54) is 29.5 Å². The Bertz CT molecular complexity index is 1270. The van der Waals surface area contributed by atoms with E-state index in [0.29, 0.717) is 16.6 Å². The first-order valence-corrected chi connectivity index (χ1v) is 10.8. The van der Waals surface area contributed by atoms with Crippen molar-refractivity contribution in [3.8, 4) is 22.8 Å². The molecule has 0 unspecified atom stereocenters. The molecule has 33 heavy (non-hydrogen) atoms. The van der Waals surface area contributed by atoms with Crippen LogP contribution in [0.2, 0.25) is 0 Å². The van der Waals surface area contributed by atoms with Crippen LogP contribution >= 0.6 is 11.3 Å². The van der Waals surface area contributed by atoms with E-state index in [1.807, 2.05) is 12.1 Å². The number of methoxy groups -OCH3 is 2. The number of nitrogens with one attached hydrogen (secondary N) is 1. The standard InChI is InChI=1S/C22H20N4O6S/c1-31-17-10-12-7-8-19-20(14(12)11-18(17)32-2)23-22(33-19)25-24-15(21(27)28)9-13-5-3-4-6-16(13)26(29)30/h3-6,10-11H,7-9H2,1-2H3,(H,23,25)(H,27,28)/b24-15+. The molecule has 1 aliphatic carbocycles. The Labute approximate surface area is 192 Å². The second-order valence-corrected chi connectivity index (χ2v) is 8.28. The highest BCUT2D eigenvalue weighted by atomic mass is 32.1. The van der Waals surface area contributed by atoms with Crippen LogP contribution in [-0.2, 0) is 24.1 Å². The van der Waals surface area contributed by atoms with Crippen LogP contribution in [0.25, 0.3) is 11.3 Å². The maximum absolute atomic E-state index is 11.7. The van der Waals surface area contributed by atoms with Crippen LogP contribution in [0, 0.1) is 10.1 Å². The number of nitro benzene ring substituents is 1. The smallest absolute Gasteiger partial charge is 0.352 e. The number of nitro groups is 1. The van der Waals surface area contributed by atoms with Gasteiger partial charge in [-0.2, -0.15) is 5.10 Å². The maximum Gasteiger partial charge on any atom is 0.352 e. The predicted octanol–water partition coefficient (Wildman–Crippen LogP) is 3.93. The molecule has 10 nitrogen and oxygen atoms in total. The number of rotatable bonds is 8. The van der Waals surface area contributed by atoms with Gasteiger partial charge in [0, 0.05) is 28.5 Å². The zero-order chi connectivity index (χ0) is 23.5. The van der Waals surface area contributed by atoms with Crippen LogP contribution in [0.3, 0.4) is 0 Å². The lowest BCUT2D eigenvalue weighted by Gasteiger charge is -2.18. The van der Waals surface area contributed by atoms with Gasteiger partial charge in [0.2, 0.25) is 5.13 Å². The second-order valence-electron chi connectivity index (χ2n) is 7.19. The van der Waals surface area contributed by atoms with Crippen LogP contribution in [0.5, 0.6) is 11.5 Å². The molecule has 0 saturated heterocycles.